The summed E-state index contributed by atoms with van der Waals surface area (Å²) in [5.74, 6) is 0.984. The number of nitrogens with zero attached hydrogens (tertiary/aromatic N) is 2. The summed E-state index contributed by atoms with van der Waals surface area (Å²) in [4.78, 5) is 5.20. The van der Waals surface area contributed by atoms with Gasteiger partial charge >= 0.3 is 0 Å². The van der Waals surface area contributed by atoms with E-state index in [-0.39, 0.29) is 0 Å². The Labute approximate surface area is 136 Å². The van der Waals surface area contributed by atoms with E-state index in [4.69, 9.17) is 0 Å². The second-order valence-electron chi connectivity index (χ2n) is 7.06. The predicted octanol–water partition coefficient (Wildman–Crippen LogP) is 4.69. The molecular weight excluding hydrogens is 268 g/mol. The number of likely N-dealkylation sites (tertiary alicyclic amines) is 1. The first kappa shape index (κ1) is 15.9. The van der Waals surface area contributed by atoms with Gasteiger partial charge in [0.15, 0.2) is 0 Å². The van der Waals surface area contributed by atoms with Crippen molar-refractivity contribution in [1.82, 2.24) is 4.90 Å². The van der Waals surface area contributed by atoms with Crippen molar-refractivity contribution in [2.75, 3.05) is 24.5 Å². The summed E-state index contributed by atoms with van der Waals surface area (Å²) in [6.07, 6.45) is 8.69. The van der Waals surface area contributed by atoms with Gasteiger partial charge in [-0.2, -0.15) is 0 Å². The molecule has 1 aliphatic heterocycles. The molecule has 122 valence electrons. The third-order valence-corrected chi connectivity index (χ3v) is 5.81. The van der Waals surface area contributed by atoms with Crippen molar-refractivity contribution in [3.05, 3.63) is 29.8 Å². The van der Waals surface area contributed by atoms with E-state index >= 15 is 0 Å². The molecule has 0 bridgehead atoms. The van der Waals surface area contributed by atoms with Gasteiger partial charge in [-0.3, -0.25) is 4.90 Å². The minimum atomic E-state index is 0.866. The fraction of sp³-hybridized carbons (Fsp3) is 0.700. The van der Waals surface area contributed by atoms with Crippen molar-refractivity contribution in [2.45, 2.75) is 65.0 Å². The fourth-order valence-electron chi connectivity index (χ4n) is 4.56. The number of rotatable bonds is 5. The largest absolute Gasteiger partial charge is 0.372 e. The second-order valence-corrected chi connectivity index (χ2v) is 7.06. The highest BCUT2D eigenvalue weighted by Crippen LogP contribution is 2.36. The summed E-state index contributed by atoms with van der Waals surface area (Å²) in [6, 6.07) is 10.2. The zero-order valence-corrected chi connectivity index (χ0v) is 14.4. The summed E-state index contributed by atoms with van der Waals surface area (Å²) in [5.41, 5.74) is 2.85. The van der Waals surface area contributed by atoms with E-state index < -0.39 is 0 Å². The Morgan fingerprint density at radius 2 is 1.64 bits per heavy atom. The number of hydrogen-bond donors (Lipinski definition) is 0. The average Bonchev–Trinajstić information content (AvgIpc) is 2.58. The summed E-state index contributed by atoms with van der Waals surface area (Å²) in [5, 5.41) is 0. The highest BCUT2D eigenvalue weighted by Gasteiger charge is 2.32. The lowest BCUT2D eigenvalue weighted by molar-refractivity contribution is 0.0547. The topological polar surface area (TPSA) is 6.48 Å². The minimum absolute atomic E-state index is 0.866. The van der Waals surface area contributed by atoms with Crippen LogP contribution in [0.25, 0.3) is 0 Å². The molecule has 2 heteroatoms. The van der Waals surface area contributed by atoms with Gasteiger partial charge < -0.3 is 4.90 Å². The molecule has 0 amide bonds. The van der Waals surface area contributed by atoms with Crippen LogP contribution in [-0.2, 0) is 6.54 Å². The van der Waals surface area contributed by atoms with Crippen LogP contribution in [0, 0.1) is 5.92 Å². The normalized spacial score (nSPS) is 25.7. The molecule has 0 N–H and O–H groups in total. The fourth-order valence-corrected chi connectivity index (χ4v) is 4.56. The van der Waals surface area contributed by atoms with Crippen molar-refractivity contribution in [3.63, 3.8) is 0 Å². The number of fused-ring (bicyclic) bond motifs is 1. The molecule has 1 aliphatic carbocycles. The van der Waals surface area contributed by atoms with Crippen LogP contribution in [0.1, 0.15) is 57.9 Å². The van der Waals surface area contributed by atoms with Gasteiger partial charge in [0.2, 0.25) is 0 Å². The molecule has 2 aliphatic rings. The van der Waals surface area contributed by atoms with Crippen LogP contribution in [0.3, 0.4) is 0 Å². The van der Waals surface area contributed by atoms with E-state index in [0.717, 1.165) is 31.6 Å². The van der Waals surface area contributed by atoms with Gasteiger partial charge in [-0.1, -0.05) is 25.0 Å². The number of piperidine rings is 1. The second kappa shape index (κ2) is 7.50. The molecule has 22 heavy (non-hydrogen) atoms. The maximum absolute atomic E-state index is 2.78. The van der Waals surface area contributed by atoms with Crippen molar-refractivity contribution < 1.29 is 0 Å². The first-order valence-corrected chi connectivity index (χ1v) is 9.39. The Balaban J connectivity index is 1.64. The van der Waals surface area contributed by atoms with Gasteiger partial charge in [0, 0.05) is 31.4 Å². The summed E-state index contributed by atoms with van der Waals surface area (Å²) in [6.45, 7) is 9.10. The molecule has 1 saturated heterocycles. The quantitative estimate of drug-likeness (QED) is 0.778. The molecule has 3 rings (SSSR count). The van der Waals surface area contributed by atoms with Gasteiger partial charge in [0.1, 0.15) is 0 Å². The maximum Gasteiger partial charge on any atom is 0.0366 e. The Hall–Kier alpha value is -1.02. The van der Waals surface area contributed by atoms with Crippen LogP contribution in [0.5, 0.6) is 0 Å². The standard InChI is InChI=1S/C20H32N2/c1-3-21(4-2)19-13-11-17(12-14-19)16-22-15-7-9-18-8-5-6-10-20(18)22/h11-14,18,20H,3-10,15-16H2,1-2H3/t18-,20-/m0/s1. The highest BCUT2D eigenvalue weighted by atomic mass is 15.2. The molecular formula is C20H32N2. The Morgan fingerprint density at radius 3 is 2.36 bits per heavy atom. The molecule has 0 radical (unpaired) electrons. The highest BCUT2D eigenvalue weighted by molar-refractivity contribution is 5.47. The molecule has 0 aromatic heterocycles. The third kappa shape index (κ3) is 3.48. The molecule has 2 nitrogen and oxygen atoms in total. The van der Waals surface area contributed by atoms with Crippen molar-refractivity contribution in [1.29, 1.82) is 0 Å². The Morgan fingerprint density at radius 1 is 0.955 bits per heavy atom. The van der Waals surface area contributed by atoms with Gasteiger partial charge in [0.05, 0.1) is 0 Å². The molecule has 0 spiro atoms. The van der Waals surface area contributed by atoms with Crippen LogP contribution in [0.2, 0.25) is 0 Å². The monoisotopic (exact) mass is 300 g/mol. The molecule has 2 atom stereocenters. The van der Waals surface area contributed by atoms with Crippen LogP contribution >= 0.6 is 0 Å². The van der Waals surface area contributed by atoms with Crippen LogP contribution < -0.4 is 4.90 Å². The summed E-state index contributed by atoms with van der Waals surface area (Å²) < 4.78 is 0. The molecule has 1 aromatic rings. The summed E-state index contributed by atoms with van der Waals surface area (Å²) in [7, 11) is 0. The molecule has 2 fully saturated rings. The molecule has 0 unspecified atom stereocenters. The van der Waals surface area contributed by atoms with Crippen molar-refractivity contribution in [2.24, 2.45) is 5.92 Å². The zero-order chi connectivity index (χ0) is 15.4. The molecule has 1 heterocycles. The third-order valence-electron chi connectivity index (χ3n) is 5.81. The first-order valence-electron chi connectivity index (χ1n) is 9.39. The SMILES string of the molecule is CCN(CC)c1ccc(CN2CCC[C@@H]3CCCC[C@@H]32)cc1. The van der Waals surface area contributed by atoms with E-state index in [1.807, 2.05) is 0 Å². The van der Waals surface area contributed by atoms with E-state index in [2.05, 4.69) is 47.9 Å². The molecule has 1 aromatic carbocycles. The number of anilines is 1. The van der Waals surface area contributed by atoms with E-state index in [1.54, 1.807) is 0 Å². The zero-order valence-electron chi connectivity index (χ0n) is 14.4. The lowest BCUT2D eigenvalue weighted by Crippen LogP contribution is -2.46. The lowest BCUT2D eigenvalue weighted by atomic mass is 9.78. The van der Waals surface area contributed by atoms with E-state index in [0.29, 0.717) is 0 Å². The molecule has 1 saturated carbocycles. The summed E-state index contributed by atoms with van der Waals surface area (Å²) >= 11 is 0. The van der Waals surface area contributed by atoms with Gasteiger partial charge in [0.25, 0.3) is 0 Å². The van der Waals surface area contributed by atoms with Gasteiger partial charge in [-0.15, -0.1) is 0 Å². The van der Waals surface area contributed by atoms with Crippen molar-refractivity contribution in [3.8, 4) is 0 Å². The number of benzene rings is 1. The lowest BCUT2D eigenvalue weighted by Gasteiger charge is -2.44. The van der Waals surface area contributed by atoms with Crippen molar-refractivity contribution >= 4 is 5.69 Å². The Kier molecular flexibility index (Phi) is 5.41. The Bertz CT molecular complexity index is 447. The van der Waals surface area contributed by atoms with Gasteiger partial charge in [-0.25, -0.2) is 0 Å². The first-order chi connectivity index (χ1) is 10.8. The minimum Gasteiger partial charge on any atom is -0.372 e. The average molecular weight is 300 g/mol. The smallest absolute Gasteiger partial charge is 0.0366 e. The van der Waals surface area contributed by atoms with Crippen LogP contribution in [0.4, 0.5) is 5.69 Å². The van der Waals surface area contributed by atoms with Gasteiger partial charge in [-0.05, 0) is 69.7 Å². The van der Waals surface area contributed by atoms with E-state index in [9.17, 15) is 0 Å². The predicted molar refractivity (Wildman–Crippen MR) is 95.4 cm³/mol. The maximum atomic E-state index is 2.78. The van der Waals surface area contributed by atoms with E-state index in [1.165, 1.54) is 56.3 Å². The van der Waals surface area contributed by atoms with Crippen LogP contribution in [0.15, 0.2) is 24.3 Å². The van der Waals surface area contributed by atoms with Crippen LogP contribution in [-0.4, -0.2) is 30.6 Å². The number of hydrogen-bond acceptors (Lipinski definition) is 2.